The molecule has 7 nitrogen and oxygen atoms in total. The van der Waals surface area contributed by atoms with Crippen LogP contribution in [0.3, 0.4) is 0 Å². The second kappa shape index (κ2) is 9.05. The number of carbonyl (C=O) groups is 1. The lowest BCUT2D eigenvalue weighted by atomic mass is 10.0. The van der Waals surface area contributed by atoms with Crippen LogP contribution in [-0.2, 0) is 0 Å². The normalized spacial score (nSPS) is 16.6. The Labute approximate surface area is 175 Å². The molecule has 2 amide bonds. The summed E-state index contributed by atoms with van der Waals surface area (Å²) in [6.45, 7) is 5.37. The number of aromatic nitrogens is 2. The van der Waals surface area contributed by atoms with Gasteiger partial charge in [-0.1, -0.05) is 35.3 Å². The van der Waals surface area contributed by atoms with Gasteiger partial charge in [0.1, 0.15) is 0 Å². The fourth-order valence-electron chi connectivity index (χ4n) is 3.12. The SMILES string of the molecule is CC(NC(=O)N(C)N1CCN(C)CC1)c1ccc(-c2cnccn2)c(Cl)c1Cl. The molecule has 1 atom stereocenters. The Morgan fingerprint density at radius 2 is 1.89 bits per heavy atom. The number of urea groups is 1. The van der Waals surface area contributed by atoms with E-state index in [1.54, 1.807) is 30.6 Å². The van der Waals surface area contributed by atoms with Crippen LogP contribution < -0.4 is 5.32 Å². The average Bonchev–Trinajstić information content (AvgIpc) is 2.70. The highest BCUT2D eigenvalue weighted by atomic mass is 35.5. The third kappa shape index (κ3) is 4.55. The van der Waals surface area contributed by atoms with Crippen LogP contribution in [0.2, 0.25) is 10.0 Å². The largest absolute Gasteiger partial charge is 0.332 e. The molecule has 1 aromatic carbocycles. The van der Waals surface area contributed by atoms with Gasteiger partial charge in [0.25, 0.3) is 0 Å². The Balaban J connectivity index is 1.71. The minimum absolute atomic E-state index is 0.178. The fraction of sp³-hybridized carbons (Fsp3) is 0.421. The van der Waals surface area contributed by atoms with Crippen LogP contribution >= 0.6 is 23.2 Å². The third-order valence-electron chi connectivity index (χ3n) is 4.96. The molecule has 2 aromatic rings. The molecular weight excluding hydrogens is 399 g/mol. The van der Waals surface area contributed by atoms with Crippen molar-refractivity contribution in [2.75, 3.05) is 40.3 Å². The number of hydrogen-bond acceptors (Lipinski definition) is 5. The van der Waals surface area contributed by atoms with Crippen molar-refractivity contribution in [3.63, 3.8) is 0 Å². The van der Waals surface area contributed by atoms with Crippen LogP contribution in [0.15, 0.2) is 30.7 Å². The predicted octanol–water partition coefficient (Wildman–Crippen LogP) is 3.32. The van der Waals surface area contributed by atoms with Gasteiger partial charge in [-0.05, 0) is 19.5 Å². The van der Waals surface area contributed by atoms with Crippen molar-refractivity contribution < 1.29 is 4.79 Å². The number of halogens is 2. The average molecular weight is 423 g/mol. The first-order chi connectivity index (χ1) is 13.4. The lowest BCUT2D eigenvalue weighted by molar-refractivity contribution is -0.00165. The zero-order chi connectivity index (χ0) is 20.3. The summed E-state index contributed by atoms with van der Waals surface area (Å²) in [7, 11) is 3.86. The van der Waals surface area contributed by atoms with Gasteiger partial charge in [0.05, 0.1) is 28.0 Å². The van der Waals surface area contributed by atoms with Gasteiger partial charge in [-0.3, -0.25) is 15.0 Å². The van der Waals surface area contributed by atoms with Crippen LogP contribution in [-0.4, -0.2) is 71.2 Å². The highest BCUT2D eigenvalue weighted by Gasteiger charge is 2.24. The first kappa shape index (κ1) is 20.8. The lowest BCUT2D eigenvalue weighted by Gasteiger charge is -2.38. The summed E-state index contributed by atoms with van der Waals surface area (Å²) in [5.41, 5.74) is 2.10. The minimum atomic E-state index is -0.302. The lowest BCUT2D eigenvalue weighted by Crippen LogP contribution is -2.55. The molecule has 1 aliphatic heterocycles. The van der Waals surface area contributed by atoms with Gasteiger partial charge in [-0.15, -0.1) is 0 Å². The maximum Gasteiger partial charge on any atom is 0.332 e. The van der Waals surface area contributed by atoms with Crippen LogP contribution in [0.25, 0.3) is 11.3 Å². The van der Waals surface area contributed by atoms with E-state index in [9.17, 15) is 4.79 Å². The monoisotopic (exact) mass is 422 g/mol. The number of rotatable bonds is 4. The molecule has 1 fully saturated rings. The summed E-state index contributed by atoms with van der Waals surface area (Å²) in [5, 5.41) is 7.46. The van der Waals surface area contributed by atoms with E-state index in [2.05, 4.69) is 27.2 Å². The first-order valence-corrected chi connectivity index (χ1v) is 9.86. The van der Waals surface area contributed by atoms with Gasteiger partial charge in [0.2, 0.25) is 0 Å². The molecule has 3 rings (SSSR count). The molecule has 1 saturated heterocycles. The summed E-state index contributed by atoms with van der Waals surface area (Å²) in [4.78, 5) is 23.2. The van der Waals surface area contributed by atoms with E-state index in [0.717, 1.165) is 31.7 Å². The van der Waals surface area contributed by atoms with Crippen LogP contribution in [0, 0.1) is 0 Å². The van der Waals surface area contributed by atoms with Gasteiger partial charge in [0.15, 0.2) is 0 Å². The minimum Gasteiger partial charge on any atom is -0.330 e. The third-order valence-corrected chi connectivity index (χ3v) is 5.85. The molecule has 150 valence electrons. The summed E-state index contributed by atoms with van der Waals surface area (Å²) in [5.74, 6) is 0. The quantitative estimate of drug-likeness (QED) is 0.818. The van der Waals surface area contributed by atoms with E-state index < -0.39 is 0 Å². The van der Waals surface area contributed by atoms with E-state index in [0.29, 0.717) is 21.3 Å². The second-order valence-corrected chi connectivity index (χ2v) is 7.63. The fourth-order valence-corrected chi connectivity index (χ4v) is 3.71. The maximum absolute atomic E-state index is 12.7. The summed E-state index contributed by atoms with van der Waals surface area (Å²) in [6.07, 6.45) is 4.83. The molecule has 1 N–H and O–H groups in total. The Morgan fingerprint density at radius 1 is 1.18 bits per heavy atom. The van der Waals surface area contributed by atoms with Crippen molar-refractivity contribution in [1.29, 1.82) is 0 Å². The van der Waals surface area contributed by atoms with Gasteiger partial charge >= 0.3 is 6.03 Å². The molecule has 1 unspecified atom stereocenters. The molecule has 2 heterocycles. The molecule has 0 spiro atoms. The van der Waals surface area contributed by atoms with Crippen molar-refractivity contribution in [1.82, 2.24) is 30.2 Å². The van der Waals surface area contributed by atoms with Crippen LogP contribution in [0.4, 0.5) is 4.79 Å². The molecular formula is C19H24Cl2N6O. The number of piperazine rings is 1. The van der Waals surface area contributed by atoms with Gasteiger partial charge in [-0.2, -0.15) is 0 Å². The standard InChI is InChI=1S/C19H24Cl2N6O/c1-13(24-19(28)26(3)27-10-8-25(2)9-11-27)14-4-5-15(18(21)17(14)20)16-12-22-6-7-23-16/h4-7,12-13H,8-11H2,1-3H3,(H,24,28). The van der Waals surface area contributed by atoms with E-state index >= 15 is 0 Å². The number of nitrogens with one attached hydrogen (secondary N) is 1. The van der Waals surface area contributed by atoms with Crippen molar-refractivity contribution in [3.8, 4) is 11.3 Å². The zero-order valence-corrected chi connectivity index (χ0v) is 17.7. The zero-order valence-electron chi connectivity index (χ0n) is 16.2. The highest BCUT2D eigenvalue weighted by Crippen LogP contribution is 2.37. The topological polar surface area (TPSA) is 64.6 Å². The first-order valence-electron chi connectivity index (χ1n) is 9.10. The van der Waals surface area contributed by atoms with E-state index in [-0.39, 0.29) is 12.1 Å². The molecule has 0 saturated carbocycles. The van der Waals surface area contributed by atoms with Crippen LogP contribution in [0.1, 0.15) is 18.5 Å². The van der Waals surface area contributed by atoms with Crippen molar-refractivity contribution in [2.24, 2.45) is 0 Å². The maximum atomic E-state index is 12.7. The number of hydrazine groups is 1. The summed E-state index contributed by atoms with van der Waals surface area (Å²) >= 11 is 13.0. The molecule has 9 heteroatoms. The Bertz CT molecular complexity index is 827. The number of amides is 2. The number of nitrogens with zero attached hydrogens (tertiary/aromatic N) is 5. The predicted molar refractivity (Wildman–Crippen MR) is 111 cm³/mol. The Hall–Kier alpha value is -1.93. The van der Waals surface area contributed by atoms with Crippen molar-refractivity contribution in [3.05, 3.63) is 46.3 Å². The van der Waals surface area contributed by atoms with Gasteiger partial charge in [-0.25, -0.2) is 9.80 Å². The number of likely N-dealkylation sites (N-methyl/N-ethyl adjacent to an activating group) is 1. The van der Waals surface area contributed by atoms with E-state index in [4.69, 9.17) is 23.2 Å². The van der Waals surface area contributed by atoms with E-state index in [1.165, 1.54) is 0 Å². The van der Waals surface area contributed by atoms with Crippen molar-refractivity contribution >= 4 is 29.2 Å². The summed E-state index contributed by atoms with van der Waals surface area (Å²) in [6, 6.07) is 3.23. The van der Waals surface area contributed by atoms with E-state index in [1.807, 2.05) is 24.1 Å². The molecule has 1 aliphatic rings. The smallest absolute Gasteiger partial charge is 0.330 e. The summed E-state index contributed by atoms with van der Waals surface area (Å²) < 4.78 is 0. The van der Waals surface area contributed by atoms with Gasteiger partial charge < -0.3 is 10.2 Å². The number of benzene rings is 1. The Kier molecular flexibility index (Phi) is 6.72. The molecule has 0 aliphatic carbocycles. The molecule has 0 radical (unpaired) electrons. The molecule has 28 heavy (non-hydrogen) atoms. The highest BCUT2D eigenvalue weighted by molar-refractivity contribution is 6.44. The van der Waals surface area contributed by atoms with Crippen molar-refractivity contribution in [2.45, 2.75) is 13.0 Å². The molecule has 0 bridgehead atoms. The van der Waals surface area contributed by atoms with Crippen LogP contribution in [0.5, 0.6) is 0 Å². The molecule has 1 aromatic heterocycles. The number of hydrogen-bond donors (Lipinski definition) is 1. The Morgan fingerprint density at radius 3 is 2.54 bits per heavy atom. The second-order valence-electron chi connectivity index (χ2n) is 6.87. The number of carbonyl (C=O) groups excluding carboxylic acids is 1. The van der Waals surface area contributed by atoms with Gasteiger partial charge in [0, 0.05) is 51.2 Å².